The lowest BCUT2D eigenvalue weighted by Gasteiger charge is -2.69. The molecule has 5 saturated carbocycles. The molecule has 38 heavy (non-hydrogen) atoms. The number of carbonyl (C=O) groups is 1. The first kappa shape index (κ1) is 26.8. The molecule has 0 saturated heterocycles. The van der Waals surface area contributed by atoms with Crippen LogP contribution in [0.25, 0.3) is 0 Å². The van der Waals surface area contributed by atoms with Crippen molar-refractivity contribution in [3.8, 4) is 0 Å². The van der Waals surface area contributed by atoms with Crippen LogP contribution in [0.5, 0.6) is 0 Å². The summed E-state index contributed by atoms with van der Waals surface area (Å²) in [6.45, 7) is 10.1. The molecule has 0 bridgehead atoms. The number of amides is 1. The molecule has 0 radical (unpaired) electrons. The SMILES string of the molecule is CC1(C)C(O)CCC2(C)C1CCC1(C)C3CCC4(CCc5cccc(C(=O)NN)c5)CCCC4C3CCC12. The number of nitrogens with one attached hydrogen (secondary N) is 1. The van der Waals surface area contributed by atoms with E-state index in [9.17, 15) is 9.90 Å². The lowest BCUT2D eigenvalue weighted by molar-refractivity contribution is -0.214. The second-order valence-corrected chi connectivity index (χ2v) is 15.5. The van der Waals surface area contributed by atoms with Gasteiger partial charge in [0.2, 0.25) is 0 Å². The number of nitrogen functional groups attached to an aromatic ring is 1. The molecule has 210 valence electrons. The number of carbonyl (C=O) groups excluding carboxylic acids is 1. The van der Waals surface area contributed by atoms with E-state index < -0.39 is 0 Å². The predicted molar refractivity (Wildman–Crippen MR) is 153 cm³/mol. The molecule has 4 N–H and O–H groups in total. The standard InChI is InChI=1S/C34H52N2O2/c1-31(2)27-14-17-32(3)25-13-20-34(19-12-22-7-5-8-23(21-22)30(38)36-35)16-6-9-26(34)24(25)10-11-28(32)33(27,4)18-15-29(31)37/h5,7-8,21,24-29,37H,6,9-20,35H2,1-4H3,(H,36,38). The minimum absolute atomic E-state index is 0.0421. The van der Waals surface area contributed by atoms with Crippen molar-refractivity contribution in [1.82, 2.24) is 5.43 Å². The maximum atomic E-state index is 12.1. The first-order valence-electron chi connectivity index (χ1n) is 15.8. The molecule has 0 aromatic heterocycles. The average molecular weight is 521 g/mol. The topological polar surface area (TPSA) is 75.3 Å². The Bertz CT molecular complexity index is 1070. The van der Waals surface area contributed by atoms with Gasteiger partial charge in [-0.1, -0.05) is 46.2 Å². The summed E-state index contributed by atoms with van der Waals surface area (Å²) in [5.74, 6) is 9.30. The van der Waals surface area contributed by atoms with E-state index in [1.54, 1.807) is 0 Å². The number of aliphatic hydroxyl groups excluding tert-OH is 1. The summed E-state index contributed by atoms with van der Waals surface area (Å²) in [5.41, 5.74) is 5.61. The van der Waals surface area contributed by atoms with Crippen LogP contribution in [-0.4, -0.2) is 17.1 Å². The number of nitrogens with two attached hydrogens (primary N) is 1. The van der Waals surface area contributed by atoms with Gasteiger partial charge in [0.15, 0.2) is 0 Å². The Hall–Kier alpha value is -1.39. The van der Waals surface area contributed by atoms with E-state index in [1.807, 2.05) is 18.2 Å². The second-order valence-electron chi connectivity index (χ2n) is 15.5. The second kappa shape index (κ2) is 9.33. The number of hydrogen-bond acceptors (Lipinski definition) is 3. The molecule has 1 aromatic carbocycles. The molecular weight excluding hydrogens is 468 g/mol. The summed E-state index contributed by atoms with van der Waals surface area (Å²) < 4.78 is 0. The van der Waals surface area contributed by atoms with Crippen LogP contribution < -0.4 is 11.3 Å². The molecule has 9 atom stereocenters. The molecule has 5 aliphatic rings. The molecule has 1 aromatic rings. The van der Waals surface area contributed by atoms with Crippen molar-refractivity contribution in [2.75, 3.05) is 0 Å². The first-order valence-corrected chi connectivity index (χ1v) is 15.8. The van der Waals surface area contributed by atoms with Gasteiger partial charge < -0.3 is 5.11 Å². The zero-order chi connectivity index (χ0) is 26.9. The van der Waals surface area contributed by atoms with Crippen molar-refractivity contribution < 1.29 is 9.90 Å². The molecular formula is C34H52N2O2. The summed E-state index contributed by atoms with van der Waals surface area (Å²) in [6, 6.07) is 8.09. The normalized spacial score (nSPS) is 45.3. The zero-order valence-corrected chi connectivity index (χ0v) is 24.4. The van der Waals surface area contributed by atoms with Gasteiger partial charge in [-0.15, -0.1) is 0 Å². The van der Waals surface area contributed by atoms with Crippen LogP contribution >= 0.6 is 0 Å². The third-order valence-corrected chi connectivity index (χ3v) is 13.9. The minimum Gasteiger partial charge on any atom is -0.393 e. The van der Waals surface area contributed by atoms with Gasteiger partial charge in [0.05, 0.1) is 6.10 Å². The molecule has 0 heterocycles. The van der Waals surface area contributed by atoms with Crippen molar-refractivity contribution in [2.24, 2.45) is 57.1 Å². The van der Waals surface area contributed by atoms with Gasteiger partial charge >= 0.3 is 0 Å². The van der Waals surface area contributed by atoms with Crippen molar-refractivity contribution in [3.05, 3.63) is 35.4 Å². The van der Waals surface area contributed by atoms with E-state index in [-0.39, 0.29) is 17.4 Å². The number of aliphatic hydroxyl groups is 1. The highest BCUT2D eigenvalue weighted by molar-refractivity contribution is 5.93. The number of hydrogen-bond donors (Lipinski definition) is 3. The molecule has 4 nitrogen and oxygen atoms in total. The van der Waals surface area contributed by atoms with Crippen molar-refractivity contribution in [3.63, 3.8) is 0 Å². The monoisotopic (exact) mass is 520 g/mol. The summed E-state index contributed by atoms with van der Waals surface area (Å²) in [7, 11) is 0. The van der Waals surface area contributed by atoms with E-state index >= 15 is 0 Å². The van der Waals surface area contributed by atoms with E-state index in [0.717, 1.165) is 36.5 Å². The maximum Gasteiger partial charge on any atom is 0.265 e. The van der Waals surface area contributed by atoms with E-state index in [4.69, 9.17) is 5.84 Å². The van der Waals surface area contributed by atoms with Crippen LogP contribution in [0, 0.1) is 51.2 Å². The van der Waals surface area contributed by atoms with Crippen LogP contribution in [0.15, 0.2) is 24.3 Å². The van der Waals surface area contributed by atoms with Gasteiger partial charge in [-0.3, -0.25) is 10.2 Å². The molecule has 5 aliphatic carbocycles. The van der Waals surface area contributed by atoms with E-state index in [0.29, 0.717) is 27.7 Å². The Morgan fingerprint density at radius 1 is 0.921 bits per heavy atom. The fourth-order valence-electron chi connectivity index (χ4n) is 12.1. The lowest BCUT2D eigenvalue weighted by atomic mass is 9.36. The van der Waals surface area contributed by atoms with E-state index in [2.05, 4.69) is 39.2 Å². The fraction of sp³-hybridized carbons (Fsp3) is 0.794. The minimum atomic E-state index is -0.200. The molecule has 1 amide bonds. The highest BCUT2D eigenvalue weighted by Gasteiger charge is 2.66. The quantitative estimate of drug-likeness (QED) is 0.226. The van der Waals surface area contributed by atoms with Crippen LogP contribution in [0.2, 0.25) is 0 Å². The number of benzene rings is 1. The number of aryl methyl sites for hydroxylation is 1. The lowest BCUT2D eigenvalue weighted by Crippen LogP contribution is -2.63. The van der Waals surface area contributed by atoms with Crippen molar-refractivity contribution >= 4 is 5.91 Å². The number of fused-ring (bicyclic) bond motifs is 7. The van der Waals surface area contributed by atoms with Gasteiger partial charge in [-0.05, 0) is 146 Å². The average Bonchev–Trinajstić information content (AvgIpc) is 3.34. The Balaban J connectivity index is 1.22. The largest absolute Gasteiger partial charge is 0.393 e. The third-order valence-electron chi connectivity index (χ3n) is 13.9. The van der Waals surface area contributed by atoms with Crippen LogP contribution in [0.4, 0.5) is 0 Å². The predicted octanol–water partition coefficient (Wildman–Crippen LogP) is 7.05. The number of hydrazine groups is 1. The van der Waals surface area contributed by atoms with Crippen LogP contribution in [0.3, 0.4) is 0 Å². The molecule has 0 aliphatic heterocycles. The van der Waals surface area contributed by atoms with Gasteiger partial charge in [0.1, 0.15) is 0 Å². The Labute approximate surface area is 230 Å². The van der Waals surface area contributed by atoms with Gasteiger partial charge in [0.25, 0.3) is 5.91 Å². The Morgan fingerprint density at radius 3 is 2.50 bits per heavy atom. The molecule has 9 unspecified atom stereocenters. The fourth-order valence-corrected chi connectivity index (χ4v) is 12.1. The summed E-state index contributed by atoms with van der Waals surface area (Å²) in [5, 5.41) is 10.9. The van der Waals surface area contributed by atoms with Crippen LogP contribution in [0.1, 0.15) is 121 Å². The van der Waals surface area contributed by atoms with Gasteiger partial charge in [0, 0.05) is 5.56 Å². The molecule has 6 rings (SSSR count). The first-order chi connectivity index (χ1) is 18.0. The smallest absolute Gasteiger partial charge is 0.265 e. The Kier molecular flexibility index (Phi) is 6.58. The van der Waals surface area contributed by atoms with Crippen molar-refractivity contribution in [1.29, 1.82) is 0 Å². The third kappa shape index (κ3) is 3.86. The van der Waals surface area contributed by atoms with Gasteiger partial charge in [-0.2, -0.15) is 0 Å². The summed E-state index contributed by atoms with van der Waals surface area (Å²) in [4.78, 5) is 12.1. The molecule has 0 spiro atoms. The van der Waals surface area contributed by atoms with Crippen molar-refractivity contribution in [2.45, 2.75) is 117 Å². The molecule has 5 fully saturated rings. The summed E-state index contributed by atoms with van der Waals surface area (Å²) in [6.07, 6.45) is 16.9. The van der Waals surface area contributed by atoms with E-state index in [1.165, 1.54) is 76.2 Å². The highest BCUT2D eigenvalue weighted by atomic mass is 16.3. The number of rotatable bonds is 4. The van der Waals surface area contributed by atoms with Crippen LogP contribution in [-0.2, 0) is 6.42 Å². The Morgan fingerprint density at radius 2 is 1.71 bits per heavy atom. The van der Waals surface area contributed by atoms with Gasteiger partial charge in [-0.25, -0.2) is 5.84 Å². The highest BCUT2D eigenvalue weighted by Crippen LogP contribution is 2.73. The zero-order valence-electron chi connectivity index (χ0n) is 24.4. The maximum absolute atomic E-state index is 12.1. The molecule has 4 heteroatoms. The summed E-state index contributed by atoms with van der Waals surface area (Å²) >= 11 is 0.